The number of ether oxygens (including phenoxy) is 2. The van der Waals surface area contributed by atoms with Crippen molar-refractivity contribution < 1.29 is 9.47 Å². The Balaban J connectivity index is 1.71. The first-order chi connectivity index (χ1) is 8.36. The number of hydrogen-bond acceptors (Lipinski definition) is 4. The fraction of sp³-hybridized carbons (Fsp3) is 0.692. The Morgan fingerprint density at radius 2 is 2.18 bits per heavy atom. The Bertz CT molecular complexity index is 340. The van der Waals surface area contributed by atoms with Gasteiger partial charge in [0.25, 0.3) is 0 Å². The van der Waals surface area contributed by atoms with Crippen molar-refractivity contribution in [2.24, 2.45) is 0 Å². The van der Waals surface area contributed by atoms with Gasteiger partial charge in [0.05, 0.1) is 19.3 Å². The molecule has 2 aliphatic rings. The molecule has 0 radical (unpaired) electrons. The van der Waals surface area contributed by atoms with E-state index in [1.54, 1.807) is 11.3 Å². The molecule has 3 rings (SSSR count). The van der Waals surface area contributed by atoms with E-state index in [1.165, 1.54) is 5.56 Å². The van der Waals surface area contributed by atoms with Crippen molar-refractivity contribution in [1.82, 2.24) is 4.90 Å². The molecular weight excluding hydrogens is 234 g/mol. The summed E-state index contributed by atoms with van der Waals surface area (Å²) in [7, 11) is 1.83. The number of fused-ring (bicyclic) bond motifs is 2. The molecule has 2 unspecified atom stereocenters. The fourth-order valence-corrected chi connectivity index (χ4v) is 3.64. The summed E-state index contributed by atoms with van der Waals surface area (Å²) in [4.78, 5) is 2.61. The Kier molecular flexibility index (Phi) is 3.47. The molecule has 0 N–H and O–H groups in total. The molecule has 2 aliphatic heterocycles. The summed E-state index contributed by atoms with van der Waals surface area (Å²) in [6.07, 6.45) is 2.64. The molecule has 2 atom stereocenters. The van der Waals surface area contributed by atoms with Gasteiger partial charge in [-0.15, -0.1) is 0 Å². The van der Waals surface area contributed by atoms with Crippen LogP contribution >= 0.6 is 11.3 Å². The van der Waals surface area contributed by atoms with Gasteiger partial charge in [-0.05, 0) is 35.2 Å². The second kappa shape index (κ2) is 5.06. The maximum atomic E-state index is 5.68. The number of rotatable bonds is 3. The molecule has 0 amide bonds. The molecule has 0 saturated carbocycles. The second-order valence-corrected chi connectivity index (χ2v) is 5.76. The topological polar surface area (TPSA) is 21.7 Å². The number of morpholine rings is 1. The lowest BCUT2D eigenvalue weighted by Gasteiger charge is -2.48. The van der Waals surface area contributed by atoms with Crippen LogP contribution in [0.5, 0.6) is 0 Å². The van der Waals surface area contributed by atoms with Crippen molar-refractivity contribution >= 4 is 11.3 Å². The number of thiophene rings is 1. The van der Waals surface area contributed by atoms with Gasteiger partial charge in [-0.25, -0.2) is 0 Å². The van der Waals surface area contributed by atoms with E-state index in [9.17, 15) is 0 Å². The molecule has 0 aliphatic carbocycles. The van der Waals surface area contributed by atoms with Crippen molar-refractivity contribution in [2.75, 3.05) is 20.3 Å². The molecule has 0 spiro atoms. The molecule has 0 aromatic carbocycles. The first kappa shape index (κ1) is 11.7. The third-order valence-electron chi connectivity index (χ3n) is 3.91. The van der Waals surface area contributed by atoms with Crippen LogP contribution in [0.1, 0.15) is 18.4 Å². The Hall–Kier alpha value is -0.420. The summed E-state index contributed by atoms with van der Waals surface area (Å²) < 4.78 is 11.2. The van der Waals surface area contributed by atoms with Gasteiger partial charge < -0.3 is 9.47 Å². The van der Waals surface area contributed by atoms with Gasteiger partial charge in [0.2, 0.25) is 0 Å². The van der Waals surface area contributed by atoms with Crippen molar-refractivity contribution in [1.29, 1.82) is 0 Å². The van der Waals surface area contributed by atoms with Gasteiger partial charge in [-0.3, -0.25) is 4.90 Å². The highest BCUT2D eigenvalue weighted by molar-refractivity contribution is 7.07. The second-order valence-electron chi connectivity index (χ2n) is 4.98. The van der Waals surface area contributed by atoms with E-state index in [1.807, 2.05) is 7.11 Å². The van der Waals surface area contributed by atoms with Crippen LogP contribution in [-0.4, -0.2) is 43.4 Å². The van der Waals surface area contributed by atoms with E-state index < -0.39 is 0 Å². The van der Waals surface area contributed by atoms with E-state index in [0.717, 1.165) is 32.6 Å². The van der Waals surface area contributed by atoms with Crippen molar-refractivity contribution in [2.45, 2.75) is 37.6 Å². The van der Waals surface area contributed by atoms with Gasteiger partial charge >= 0.3 is 0 Å². The quantitative estimate of drug-likeness (QED) is 0.823. The summed E-state index contributed by atoms with van der Waals surface area (Å²) in [6, 6.07) is 3.30. The number of nitrogens with zero attached hydrogens (tertiary/aromatic N) is 1. The zero-order chi connectivity index (χ0) is 11.7. The summed E-state index contributed by atoms with van der Waals surface area (Å²) in [5.41, 5.74) is 1.43. The van der Waals surface area contributed by atoms with Crippen molar-refractivity contribution in [3.05, 3.63) is 22.4 Å². The first-order valence-corrected chi connectivity index (χ1v) is 7.18. The molecule has 1 aromatic rings. The van der Waals surface area contributed by atoms with Gasteiger partial charge in [0, 0.05) is 25.7 Å². The lowest BCUT2D eigenvalue weighted by atomic mass is 9.91. The molecule has 3 nitrogen and oxygen atoms in total. The number of methoxy groups -OCH3 is 1. The predicted molar refractivity (Wildman–Crippen MR) is 68.3 cm³/mol. The third kappa shape index (κ3) is 2.40. The summed E-state index contributed by atoms with van der Waals surface area (Å²) >= 11 is 1.78. The van der Waals surface area contributed by atoms with Gasteiger partial charge in [0.15, 0.2) is 0 Å². The van der Waals surface area contributed by atoms with Crippen LogP contribution in [0.15, 0.2) is 16.8 Å². The Labute approximate surface area is 106 Å². The van der Waals surface area contributed by atoms with Crippen molar-refractivity contribution in [3.8, 4) is 0 Å². The lowest BCUT2D eigenvalue weighted by molar-refractivity contribution is -0.115. The van der Waals surface area contributed by atoms with E-state index in [4.69, 9.17) is 9.47 Å². The summed E-state index contributed by atoms with van der Waals surface area (Å²) in [5, 5.41) is 4.41. The van der Waals surface area contributed by atoms with Crippen LogP contribution in [0.4, 0.5) is 0 Å². The van der Waals surface area contributed by atoms with E-state index in [-0.39, 0.29) is 0 Å². The van der Waals surface area contributed by atoms with Gasteiger partial charge in [0.1, 0.15) is 0 Å². The highest BCUT2D eigenvalue weighted by Gasteiger charge is 2.38. The number of hydrogen-bond donors (Lipinski definition) is 0. The van der Waals surface area contributed by atoms with E-state index in [2.05, 4.69) is 21.7 Å². The van der Waals surface area contributed by atoms with Crippen LogP contribution in [-0.2, 0) is 16.0 Å². The summed E-state index contributed by atoms with van der Waals surface area (Å²) in [5.74, 6) is 0. The molecule has 2 bridgehead atoms. The maximum Gasteiger partial charge on any atom is 0.0623 e. The largest absolute Gasteiger partial charge is 0.381 e. The Morgan fingerprint density at radius 3 is 2.76 bits per heavy atom. The highest BCUT2D eigenvalue weighted by atomic mass is 32.1. The normalized spacial score (nSPS) is 33.8. The zero-order valence-electron chi connectivity index (χ0n) is 10.2. The van der Waals surface area contributed by atoms with Gasteiger partial charge in [-0.2, -0.15) is 11.3 Å². The van der Waals surface area contributed by atoms with E-state index in [0.29, 0.717) is 18.2 Å². The third-order valence-corrected chi connectivity index (χ3v) is 4.64. The number of piperidine rings is 1. The minimum Gasteiger partial charge on any atom is -0.381 e. The van der Waals surface area contributed by atoms with Crippen LogP contribution in [0, 0.1) is 0 Å². The minimum atomic E-state index is 0.424. The smallest absolute Gasteiger partial charge is 0.0623 e. The molecule has 4 heteroatoms. The van der Waals surface area contributed by atoms with Crippen molar-refractivity contribution in [3.63, 3.8) is 0 Å². The lowest BCUT2D eigenvalue weighted by Crippen LogP contribution is -2.57. The average molecular weight is 253 g/mol. The zero-order valence-corrected chi connectivity index (χ0v) is 11.0. The molecular formula is C13H19NO2S. The van der Waals surface area contributed by atoms with Crippen LogP contribution in [0.3, 0.4) is 0 Å². The van der Waals surface area contributed by atoms with Crippen LogP contribution in [0.25, 0.3) is 0 Å². The highest BCUT2D eigenvalue weighted by Crippen LogP contribution is 2.30. The van der Waals surface area contributed by atoms with Crippen LogP contribution < -0.4 is 0 Å². The van der Waals surface area contributed by atoms with Crippen LogP contribution in [0.2, 0.25) is 0 Å². The fourth-order valence-electron chi connectivity index (χ4n) is 2.98. The minimum absolute atomic E-state index is 0.424. The average Bonchev–Trinajstić information content (AvgIpc) is 2.81. The molecule has 94 valence electrons. The predicted octanol–water partition coefficient (Wildman–Crippen LogP) is 2.13. The maximum absolute atomic E-state index is 5.68. The molecule has 2 saturated heterocycles. The standard InChI is InChI=1S/C13H19NO2S/c1-15-13-4-11-7-16-8-12(5-13)14(11)6-10-2-3-17-9-10/h2-3,9,11-13H,4-8H2,1H3. The first-order valence-electron chi connectivity index (χ1n) is 6.24. The SMILES string of the molecule is COC1CC2COCC(C1)N2Cc1ccsc1. The molecule has 1 aromatic heterocycles. The monoisotopic (exact) mass is 253 g/mol. The summed E-state index contributed by atoms with van der Waals surface area (Å²) in [6.45, 7) is 2.79. The molecule has 3 heterocycles. The molecule has 17 heavy (non-hydrogen) atoms. The Morgan fingerprint density at radius 1 is 1.41 bits per heavy atom. The van der Waals surface area contributed by atoms with Gasteiger partial charge in [-0.1, -0.05) is 0 Å². The molecule has 2 fully saturated rings. The van der Waals surface area contributed by atoms with E-state index >= 15 is 0 Å².